The van der Waals surface area contributed by atoms with Crippen molar-refractivity contribution in [1.29, 1.82) is 0 Å². The summed E-state index contributed by atoms with van der Waals surface area (Å²) in [6.07, 6.45) is 2.16. The minimum Gasteiger partial charge on any atom is -0.348 e. The Bertz CT molecular complexity index is 228. The molecular formula is C10H18N2O2. The van der Waals surface area contributed by atoms with Crippen LogP contribution in [-0.2, 0) is 9.59 Å². The predicted molar refractivity (Wildman–Crippen MR) is 53.7 cm³/mol. The van der Waals surface area contributed by atoms with Gasteiger partial charge < -0.3 is 10.2 Å². The zero-order valence-electron chi connectivity index (χ0n) is 8.88. The summed E-state index contributed by atoms with van der Waals surface area (Å²) in [5.74, 6) is -0.331. The fourth-order valence-corrected chi connectivity index (χ4v) is 1.75. The molecule has 1 N–H and O–H groups in total. The largest absolute Gasteiger partial charge is 0.348 e. The van der Waals surface area contributed by atoms with Crippen LogP contribution in [0.5, 0.6) is 0 Å². The van der Waals surface area contributed by atoms with Crippen LogP contribution in [0, 0.1) is 5.92 Å². The van der Waals surface area contributed by atoms with Crippen molar-refractivity contribution < 1.29 is 9.59 Å². The molecule has 1 saturated heterocycles. The first kappa shape index (κ1) is 11.0. The molecule has 0 spiro atoms. The van der Waals surface area contributed by atoms with E-state index in [9.17, 15) is 9.59 Å². The van der Waals surface area contributed by atoms with Gasteiger partial charge in [0.1, 0.15) is 0 Å². The number of hydrogen-bond donors (Lipinski definition) is 1. The number of carbonyl (C=O) groups excluding carboxylic acids is 2. The Morgan fingerprint density at radius 3 is 2.79 bits per heavy atom. The molecule has 4 heteroatoms. The van der Waals surface area contributed by atoms with Gasteiger partial charge >= 0.3 is 11.8 Å². The Morgan fingerprint density at radius 1 is 1.50 bits per heavy atom. The van der Waals surface area contributed by atoms with Crippen LogP contribution in [0.2, 0.25) is 0 Å². The van der Waals surface area contributed by atoms with Crippen molar-refractivity contribution in [2.45, 2.75) is 26.7 Å². The number of amides is 2. The maximum atomic E-state index is 11.5. The summed E-state index contributed by atoms with van der Waals surface area (Å²) in [7, 11) is 0. The van der Waals surface area contributed by atoms with Crippen LogP contribution >= 0.6 is 0 Å². The monoisotopic (exact) mass is 198 g/mol. The van der Waals surface area contributed by atoms with Gasteiger partial charge in [-0.1, -0.05) is 6.92 Å². The van der Waals surface area contributed by atoms with Crippen LogP contribution in [0.3, 0.4) is 0 Å². The van der Waals surface area contributed by atoms with Gasteiger partial charge in [-0.3, -0.25) is 9.59 Å². The molecule has 0 aromatic carbocycles. The molecule has 1 atom stereocenters. The normalized spacial score (nSPS) is 21.9. The second-order valence-corrected chi connectivity index (χ2v) is 3.86. The van der Waals surface area contributed by atoms with Gasteiger partial charge in [0.2, 0.25) is 0 Å². The molecule has 1 fully saturated rings. The Balaban J connectivity index is 2.47. The van der Waals surface area contributed by atoms with Gasteiger partial charge in [0, 0.05) is 19.6 Å². The van der Waals surface area contributed by atoms with Crippen molar-refractivity contribution >= 4 is 11.8 Å². The molecule has 4 nitrogen and oxygen atoms in total. The lowest BCUT2D eigenvalue weighted by atomic mass is 10.0. The second kappa shape index (κ2) is 4.98. The highest BCUT2D eigenvalue weighted by Gasteiger charge is 2.25. The Hall–Kier alpha value is -1.06. The summed E-state index contributed by atoms with van der Waals surface area (Å²) < 4.78 is 0. The van der Waals surface area contributed by atoms with E-state index in [1.165, 1.54) is 0 Å². The van der Waals surface area contributed by atoms with E-state index in [0.717, 1.165) is 25.9 Å². The van der Waals surface area contributed by atoms with Crippen molar-refractivity contribution in [3.63, 3.8) is 0 Å². The Morgan fingerprint density at radius 2 is 2.21 bits per heavy atom. The van der Waals surface area contributed by atoms with E-state index in [1.807, 2.05) is 6.92 Å². The van der Waals surface area contributed by atoms with E-state index in [0.29, 0.717) is 12.5 Å². The van der Waals surface area contributed by atoms with Crippen molar-refractivity contribution in [3.05, 3.63) is 0 Å². The van der Waals surface area contributed by atoms with Gasteiger partial charge in [-0.15, -0.1) is 0 Å². The number of carbonyl (C=O) groups is 2. The van der Waals surface area contributed by atoms with E-state index in [-0.39, 0.29) is 5.91 Å². The summed E-state index contributed by atoms with van der Waals surface area (Å²) in [6, 6.07) is 0. The van der Waals surface area contributed by atoms with E-state index >= 15 is 0 Å². The number of likely N-dealkylation sites (tertiary alicyclic amines) is 1. The van der Waals surface area contributed by atoms with Crippen LogP contribution in [0.4, 0.5) is 0 Å². The number of rotatable bonds is 1. The molecule has 0 aromatic rings. The Kier molecular flexibility index (Phi) is 3.92. The highest BCUT2D eigenvalue weighted by molar-refractivity contribution is 6.35. The van der Waals surface area contributed by atoms with Crippen LogP contribution in [0.25, 0.3) is 0 Å². The van der Waals surface area contributed by atoms with E-state index in [4.69, 9.17) is 0 Å². The van der Waals surface area contributed by atoms with Gasteiger partial charge in [-0.25, -0.2) is 0 Å². The zero-order valence-corrected chi connectivity index (χ0v) is 8.88. The lowest BCUT2D eigenvalue weighted by Crippen LogP contribution is -2.46. The average molecular weight is 198 g/mol. The summed E-state index contributed by atoms with van der Waals surface area (Å²) in [5, 5.41) is 2.53. The molecule has 2 amide bonds. The fourth-order valence-electron chi connectivity index (χ4n) is 1.75. The topological polar surface area (TPSA) is 49.4 Å². The molecule has 14 heavy (non-hydrogen) atoms. The molecule has 0 saturated carbocycles. The van der Waals surface area contributed by atoms with E-state index < -0.39 is 5.91 Å². The maximum absolute atomic E-state index is 11.5. The highest BCUT2D eigenvalue weighted by Crippen LogP contribution is 2.15. The molecule has 1 aliphatic rings. The average Bonchev–Trinajstić information content (AvgIpc) is 2.17. The quantitative estimate of drug-likeness (QED) is 0.619. The summed E-state index contributed by atoms with van der Waals surface area (Å²) in [5.41, 5.74) is 0. The lowest BCUT2D eigenvalue weighted by molar-refractivity contribution is -0.146. The van der Waals surface area contributed by atoms with Crippen molar-refractivity contribution in [2.75, 3.05) is 19.6 Å². The van der Waals surface area contributed by atoms with Crippen LogP contribution in [0.1, 0.15) is 26.7 Å². The van der Waals surface area contributed by atoms with Crippen LogP contribution < -0.4 is 5.32 Å². The zero-order chi connectivity index (χ0) is 10.6. The first-order chi connectivity index (χ1) is 6.65. The molecule has 0 radical (unpaired) electrons. The number of hydrogen-bond acceptors (Lipinski definition) is 2. The number of nitrogens with zero attached hydrogens (tertiary/aromatic N) is 1. The standard InChI is InChI=1S/C10H18N2O2/c1-3-11-9(13)10(14)12-6-4-5-8(2)7-12/h8H,3-7H2,1-2H3,(H,11,13). The van der Waals surface area contributed by atoms with Crippen molar-refractivity contribution in [1.82, 2.24) is 10.2 Å². The summed E-state index contributed by atoms with van der Waals surface area (Å²) in [4.78, 5) is 24.4. The molecule has 0 aromatic heterocycles. The first-order valence-electron chi connectivity index (χ1n) is 5.22. The molecule has 1 heterocycles. The molecule has 1 unspecified atom stereocenters. The SMILES string of the molecule is CCNC(=O)C(=O)N1CCCC(C)C1. The summed E-state index contributed by atoms with van der Waals surface area (Å²) in [6.45, 7) is 5.87. The minimum atomic E-state index is -0.471. The third kappa shape index (κ3) is 2.72. The third-order valence-corrected chi connectivity index (χ3v) is 2.48. The lowest BCUT2D eigenvalue weighted by Gasteiger charge is -2.30. The van der Waals surface area contributed by atoms with Crippen molar-refractivity contribution in [3.8, 4) is 0 Å². The molecule has 1 rings (SSSR count). The van der Waals surface area contributed by atoms with Crippen LogP contribution in [-0.4, -0.2) is 36.3 Å². The molecule has 0 bridgehead atoms. The smallest absolute Gasteiger partial charge is 0.311 e. The summed E-state index contributed by atoms with van der Waals surface area (Å²) >= 11 is 0. The molecule has 1 aliphatic heterocycles. The van der Waals surface area contributed by atoms with Gasteiger partial charge in [0.15, 0.2) is 0 Å². The second-order valence-electron chi connectivity index (χ2n) is 3.86. The number of likely N-dealkylation sites (N-methyl/N-ethyl adjacent to an activating group) is 1. The molecular weight excluding hydrogens is 180 g/mol. The third-order valence-electron chi connectivity index (χ3n) is 2.48. The number of nitrogens with one attached hydrogen (secondary N) is 1. The van der Waals surface area contributed by atoms with Gasteiger partial charge in [0.25, 0.3) is 0 Å². The molecule has 0 aliphatic carbocycles. The van der Waals surface area contributed by atoms with E-state index in [2.05, 4.69) is 12.2 Å². The van der Waals surface area contributed by atoms with Gasteiger partial charge in [0.05, 0.1) is 0 Å². The highest BCUT2D eigenvalue weighted by atomic mass is 16.2. The first-order valence-corrected chi connectivity index (χ1v) is 5.22. The van der Waals surface area contributed by atoms with E-state index in [1.54, 1.807) is 4.90 Å². The van der Waals surface area contributed by atoms with Crippen molar-refractivity contribution in [2.24, 2.45) is 5.92 Å². The number of piperidine rings is 1. The van der Waals surface area contributed by atoms with Gasteiger partial charge in [-0.2, -0.15) is 0 Å². The Labute approximate surface area is 84.7 Å². The van der Waals surface area contributed by atoms with Crippen LogP contribution in [0.15, 0.2) is 0 Å². The van der Waals surface area contributed by atoms with Gasteiger partial charge in [-0.05, 0) is 25.7 Å². The predicted octanol–water partition coefficient (Wildman–Crippen LogP) is 0.381. The minimum absolute atomic E-state index is 0.376. The maximum Gasteiger partial charge on any atom is 0.311 e. The fraction of sp³-hybridized carbons (Fsp3) is 0.800. The molecule has 80 valence electrons.